The average molecular weight is 283 g/mol. The molecule has 0 aromatic carbocycles. The fraction of sp³-hybridized carbons (Fsp3) is 0.909. The molecule has 0 aromatic heterocycles. The maximum atomic E-state index is 9.45. The molecule has 0 aromatic rings. The normalized spacial score (nSPS) is 5.00. The first-order valence-electron chi connectivity index (χ1n) is 2.83. The molecule has 0 unspecified atom stereocenters. The van der Waals surface area contributed by atoms with Crippen molar-refractivity contribution in [2.24, 2.45) is 11.5 Å². The molecule has 0 atom stereocenters. The van der Waals surface area contributed by atoms with Gasteiger partial charge in [0, 0.05) is 0 Å². The van der Waals surface area contributed by atoms with Gasteiger partial charge in [0.25, 0.3) is 0 Å². The highest BCUT2D eigenvalue weighted by Crippen LogP contribution is 1.80. The molecule has 0 heterocycles. The predicted octanol–water partition coefficient (Wildman–Crippen LogP) is 4.10. The summed E-state index contributed by atoms with van der Waals surface area (Å²) >= 11 is 9.55. The largest absolute Gasteiger partial charge is 0.330 e. The van der Waals surface area contributed by atoms with E-state index in [-0.39, 0.29) is 50.4 Å². The van der Waals surface area contributed by atoms with E-state index in [9.17, 15) is 4.79 Å². The average Bonchev–Trinajstić information content (AvgIpc) is 1.91. The van der Waals surface area contributed by atoms with Crippen LogP contribution in [0.3, 0.4) is 0 Å². The maximum Gasteiger partial charge on any atom is 0.236 e. The second-order valence-corrected chi connectivity index (χ2v) is 2.11. The van der Waals surface area contributed by atoms with Gasteiger partial charge < -0.3 is 11.5 Å². The third-order valence-corrected chi connectivity index (χ3v) is 1.03. The van der Waals surface area contributed by atoms with Gasteiger partial charge in [0.05, 0.1) is 5.88 Å². The smallest absolute Gasteiger partial charge is 0.236 e. The summed E-state index contributed by atoms with van der Waals surface area (Å²) in [6.45, 7) is 1.44. The third kappa shape index (κ3) is 141. The highest BCUT2D eigenvalue weighted by atomic mass is 35.5. The summed E-state index contributed by atoms with van der Waals surface area (Å²) in [4.78, 5) is 9.45. The topological polar surface area (TPSA) is 69.1 Å². The molecule has 0 radical (unpaired) electrons. The van der Waals surface area contributed by atoms with Gasteiger partial charge in [-0.05, 0) is 31.1 Å². The SMILES string of the molecule is C.C.C.C.C.C.NCCCN.O=C(Cl)CCl. The van der Waals surface area contributed by atoms with E-state index in [2.05, 4.69) is 0 Å². The van der Waals surface area contributed by atoms with E-state index >= 15 is 0 Å². The van der Waals surface area contributed by atoms with Crippen molar-refractivity contribution in [2.75, 3.05) is 19.0 Å². The van der Waals surface area contributed by atoms with Crippen molar-refractivity contribution in [2.45, 2.75) is 51.0 Å². The first kappa shape index (κ1) is 55.7. The molecule has 0 aliphatic carbocycles. The molecule has 0 rings (SSSR count). The van der Waals surface area contributed by atoms with Crippen LogP contribution in [-0.2, 0) is 4.79 Å². The van der Waals surface area contributed by atoms with Crippen LogP contribution in [0.1, 0.15) is 51.0 Å². The maximum absolute atomic E-state index is 9.45. The number of alkyl halides is 1. The van der Waals surface area contributed by atoms with Gasteiger partial charge >= 0.3 is 0 Å². The van der Waals surface area contributed by atoms with Crippen molar-refractivity contribution in [1.82, 2.24) is 0 Å². The molecule has 0 amide bonds. The van der Waals surface area contributed by atoms with Gasteiger partial charge in [-0.15, -0.1) is 11.6 Å². The molecular formula is C11H36Cl2N2O. The third-order valence-electron chi connectivity index (χ3n) is 0.513. The highest BCUT2D eigenvalue weighted by Gasteiger charge is 1.83. The van der Waals surface area contributed by atoms with Crippen LogP contribution in [0, 0.1) is 0 Å². The molecular weight excluding hydrogens is 247 g/mol. The summed E-state index contributed by atoms with van der Waals surface area (Å²) in [5.74, 6) is -0.0957. The van der Waals surface area contributed by atoms with Crippen LogP contribution in [0.15, 0.2) is 0 Å². The van der Waals surface area contributed by atoms with E-state index in [0.717, 1.165) is 19.5 Å². The minimum atomic E-state index is -0.508. The summed E-state index contributed by atoms with van der Waals surface area (Å²) in [6, 6.07) is 0. The van der Waals surface area contributed by atoms with Crippen molar-refractivity contribution < 1.29 is 4.79 Å². The fourth-order valence-electron chi connectivity index (χ4n) is 0.118. The van der Waals surface area contributed by atoms with Crippen LogP contribution in [0.5, 0.6) is 0 Å². The van der Waals surface area contributed by atoms with E-state index in [1.54, 1.807) is 0 Å². The molecule has 4 N–H and O–H groups in total. The van der Waals surface area contributed by atoms with Crippen LogP contribution in [0.25, 0.3) is 0 Å². The van der Waals surface area contributed by atoms with E-state index < -0.39 is 5.24 Å². The monoisotopic (exact) mass is 282 g/mol. The number of rotatable bonds is 3. The molecule has 0 aliphatic rings. The van der Waals surface area contributed by atoms with Crippen LogP contribution in [0.4, 0.5) is 0 Å². The first-order valence-corrected chi connectivity index (χ1v) is 3.74. The number of nitrogens with two attached hydrogens (primary N) is 2. The van der Waals surface area contributed by atoms with Gasteiger partial charge in [-0.25, -0.2) is 0 Å². The van der Waals surface area contributed by atoms with Crippen molar-refractivity contribution in [1.29, 1.82) is 0 Å². The zero-order chi connectivity index (χ0) is 8.41. The summed E-state index contributed by atoms with van der Waals surface area (Å²) in [5.41, 5.74) is 10.1. The highest BCUT2D eigenvalue weighted by molar-refractivity contribution is 6.67. The minimum Gasteiger partial charge on any atom is -0.330 e. The Balaban J connectivity index is -0.00000000970. The van der Waals surface area contributed by atoms with E-state index in [4.69, 9.17) is 34.7 Å². The second-order valence-electron chi connectivity index (χ2n) is 1.42. The molecule has 0 bridgehead atoms. The van der Waals surface area contributed by atoms with E-state index in [1.807, 2.05) is 0 Å². The summed E-state index contributed by atoms with van der Waals surface area (Å²) in [5, 5.41) is -0.508. The number of hydrogen-bond acceptors (Lipinski definition) is 3. The van der Waals surface area contributed by atoms with Gasteiger partial charge in [-0.3, -0.25) is 4.79 Å². The van der Waals surface area contributed by atoms with Crippen LogP contribution in [0.2, 0.25) is 0 Å². The van der Waals surface area contributed by atoms with E-state index in [1.165, 1.54) is 0 Å². The van der Waals surface area contributed by atoms with Gasteiger partial charge in [-0.2, -0.15) is 0 Å². The summed E-state index contributed by atoms with van der Waals surface area (Å²) in [6.07, 6.45) is 0.944. The lowest BCUT2D eigenvalue weighted by Crippen LogP contribution is -2.06. The molecule has 0 spiro atoms. The Morgan fingerprint density at radius 3 is 1.06 bits per heavy atom. The van der Waals surface area contributed by atoms with Gasteiger partial charge in [-0.1, -0.05) is 44.6 Å². The molecule has 0 saturated carbocycles. The molecule has 3 nitrogen and oxygen atoms in total. The van der Waals surface area contributed by atoms with Crippen LogP contribution >= 0.6 is 23.2 Å². The summed E-state index contributed by atoms with van der Waals surface area (Å²) < 4.78 is 0. The first-order chi connectivity index (χ1) is 4.68. The van der Waals surface area contributed by atoms with Gasteiger partial charge in [0.1, 0.15) is 0 Å². The van der Waals surface area contributed by atoms with Crippen LogP contribution < -0.4 is 11.5 Å². The number of halogens is 2. The Kier molecular flexibility index (Phi) is 206. The summed E-state index contributed by atoms with van der Waals surface area (Å²) in [7, 11) is 0. The Morgan fingerprint density at radius 2 is 1.06 bits per heavy atom. The second kappa shape index (κ2) is 59.2. The lowest BCUT2D eigenvalue weighted by Gasteiger charge is -1.81. The number of carbonyl (C=O) groups excluding carboxylic acids is 1. The van der Waals surface area contributed by atoms with Crippen molar-refractivity contribution in [3.8, 4) is 0 Å². The molecule has 110 valence electrons. The quantitative estimate of drug-likeness (QED) is 0.605. The molecule has 0 fully saturated rings. The molecule has 5 heteroatoms. The molecule has 0 aliphatic heterocycles. The Labute approximate surface area is 115 Å². The standard InChI is InChI=1S/C3H10N2.C2H2Cl2O.6CH4/c4-2-1-3-5;3-1-2(4)5;;;;;;/h1-5H2;1H2;6*1H4. The van der Waals surface area contributed by atoms with E-state index in [0.29, 0.717) is 0 Å². The van der Waals surface area contributed by atoms with Crippen molar-refractivity contribution in [3.05, 3.63) is 0 Å². The lowest BCUT2D eigenvalue weighted by molar-refractivity contribution is -0.109. The Hall–Kier alpha value is 0.170. The zero-order valence-corrected chi connectivity index (χ0v) is 7.16. The van der Waals surface area contributed by atoms with Crippen molar-refractivity contribution >= 4 is 28.4 Å². The van der Waals surface area contributed by atoms with Gasteiger partial charge in [0.2, 0.25) is 5.24 Å². The Bertz CT molecular complexity index is 82.4. The van der Waals surface area contributed by atoms with Crippen molar-refractivity contribution in [3.63, 3.8) is 0 Å². The number of carbonyl (C=O) groups is 1. The molecule has 16 heavy (non-hydrogen) atoms. The number of hydrogen-bond donors (Lipinski definition) is 2. The minimum absolute atomic E-state index is 0. The zero-order valence-electron chi connectivity index (χ0n) is 5.65. The Morgan fingerprint density at radius 1 is 0.875 bits per heavy atom. The fourth-order valence-corrected chi connectivity index (χ4v) is 0.118. The molecule has 0 saturated heterocycles. The predicted molar refractivity (Wildman–Crippen MR) is 84.7 cm³/mol. The van der Waals surface area contributed by atoms with Crippen LogP contribution in [-0.4, -0.2) is 24.2 Å². The van der Waals surface area contributed by atoms with Gasteiger partial charge in [0.15, 0.2) is 0 Å². The lowest BCUT2D eigenvalue weighted by atomic mass is 10.4.